The van der Waals surface area contributed by atoms with Crippen molar-refractivity contribution in [2.45, 2.75) is 20.4 Å². The van der Waals surface area contributed by atoms with Crippen LogP contribution in [-0.2, 0) is 11.3 Å². The summed E-state index contributed by atoms with van der Waals surface area (Å²) in [7, 11) is 0. The molecule has 6 nitrogen and oxygen atoms in total. The number of amides is 1. The van der Waals surface area contributed by atoms with Gasteiger partial charge in [-0.1, -0.05) is 28.9 Å². The maximum absolute atomic E-state index is 12.5. The highest BCUT2D eigenvalue weighted by Crippen LogP contribution is 2.26. The van der Waals surface area contributed by atoms with Gasteiger partial charge in [-0.05, 0) is 26.0 Å². The average molecular weight is 397 g/mol. The molecule has 0 aliphatic carbocycles. The number of halogens is 2. The lowest BCUT2D eigenvalue weighted by Crippen LogP contribution is -2.52. The van der Waals surface area contributed by atoms with Crippen LogP contribution in [0.25, 0.3) is 11.5 Å². The SMILES string of the molecule is CC(C)(CCl)C(=O)N1CCN(Cc2noc(-c3ccccc3Cl)n2)CC1. The van der Waals surface area contributed by atoms with Crippen LogP contribution in [0.5, 0.6) is 0 Å². The summed E-state index contributed by atoms with van der Waals surface area (Å²) in [6.45, 7) is 7.21. The molecule has 26 heavy (non-hydrogen) atoms. The van der Waals surface area contributed by atoms with Gasteiger partial charge in [0.15, 0.2) is 5.82 Å². The Bertz CT molecular complexity index is 770. The summed E-state index contributed by atoms with van der Waals surface area (Å²) >= 11 is 12.1. The van der Waals surface area contributed by atoms with E-state index in [1.165, 1.54) is 0 Å². The molecule has 1 amide bonds. The Morgan fingerprint density at radius 2 is 1.92 bits per heavy atom. The van der Waals surface area contributed by atoms with E-state index in [1.54, 1.807) is 6.07 Å². The van der Waals surface area contributed by atoms with Crippen molar-refractivity contribution in [2.75, 3.05) is 32.1 Å². The molecule has 0 bridgehead atoms. The third kappa shape index (κ3) is 4.19. The standard InChI is InChI=1S/C18H22Cl2N4O2/c1-18(2,12-19)17(25)24-9-7-23(8-10-24)11-15-21-16(26-22-15)13-5-3-4-6-14(13)20/h3-6H,7-12H2,1-2H3. The van der Waals surface area contributed by atoms with E-state index in [1.807, 2.05) is 36.9 Å². The number of carbonyl (C=O) groups excluding carboxylic acids is 1. The van der Waals surface area contributed by atoms with Crippen molar-refractivity contribution in [3.63, 3.8) is 0 Å². The van der Waals surface area contributed by atoms with Crippen LogP contribution in [0, 0.1) is 5.41 Å². The maximum atomic E-state index is 12.5. The fraction of sp³-hybridized carbons (Fsp3) is 0.500. The normalized spacial score (nSPS) is 16.1. The third-order valence-corrected chi connectivity index (χ3v) is 5.51. The summed E-state index contributed by atoms with van der Waals surface area (Å²) < 4.78 is 5.34. The minimum atomic E-state index is -0.527. The molecule has 2 aromatic rings. The molecular weight excluding hydrogens is 375 g/mol. The van der Waals surface area contributed by atoms with E-state index in [2.05, 4.69) is 15.0 Å². The topological polar surface area (TPSA) is 62.5 Å². The third-order valence-electron chi connectivity index (χ3n) is 4.51. The number of hydrogen-bond donors (Lipinski definition) is 0. The zero-order chi connectivity index (χ0) is 18.7. The van der Waals surface area contributed by atoms with Crippen LogP contribution in [0.15, 0.2) is 28.8 Å². The monoisotopic (exact) mass is 396 g/mol. The van der Waals surface area contributed by atoms with Gasteiger partial charge in [0.05, 0.1) is 22.5 Å². The number of benzene rings is 1. The molecule has 0 spiro atoms. The van der Waals surface area contributed by atoms with Gasteiger partial charge in [-0.2, -0.15) is 4.98 Å². The molecule has 3 rings (SSSR count). The number of piperazine rings is 1. The fourth-order valence-electron chi connectivity index (χ4n) is 2.86. The lowest BCUT2D eigenvalue weighted by molar-refractivity contribution is -0.141. The number of aromatic nitrogens is 2. The Morgan fingerprint density at radius 3 is 2.58 bits per heavy atom. The van der Waals surface area contributed by atoms with Gasteiger partial charge in [-0.3, -0.25) is 9.69 Å². The second kappa shape index (κ2) is 7.94. The van der Waals surface area contributed by atoms with Gasteiger partial charge >= 0.3 is 0 Å². The molecule has 1 aliphatic rings. The van der Waals surface area contributed by atoms with Gasteiger partial charge in [0, 0.05) is 32.1 Å². The van der Waals surface area contributed by atoms with Gasteiger partial charge in [-0.25, -0.2) is 0 Å². The summed E-state index contributed by atoms with van der Waals surface area (Å²) in [5.74, 6) is 1.46. The summed E-state index contributed by atoms with van der Waals surface area (Å²) in [5, 5.41) is 4.63. The minimum absolute atomic E-state index is 0.104. The first-order chi connectivity index (χ1) is 12.4. The number of rotatable bonds is 5. The molecule has 0 unspecified atom stereocenters. The van der Waals surface area contributed by atoms with E-state index in [-0.39, 0.29) is 5.91 Å². The van der Waals surface area contributed by atoms with Crippen molar-refractivity contribution in [1.82, 2.24) is 19.9 Å². The highest BCUT2D eigenvalue weighted by atomic mass is 35.5. The Kier molecular flexibility index (Phi) is 5.85. The first-order valence-electron chi connectivity index (χ1n) is 8.56. The largest absolute Gasteiger partial charge is 0.340 e. The van der Waals surface area contributed by atoms with Crippen LogP contribution < -0.4 is 0 Å². The molecule has 1 saturated heterocycles. The number of carbonyl (C=O) groups is 1. The molecule has 2 heterocycles. The fourth-order valence-corrected chi connectivity index (χ4v) is 3.19. The van der Waals surface area contributed by atoms with Crippen LogP contribution in [0.1, 0.15) is 19.7 Å². The highest BCUT2D eigenvalue weighted by Gasteiger charge is 2.33. The predicted octanol–water partition coefficient (Wildman–Crippen LogP) is 3.30. The molecular formula is C18H22Cl2N4O2. The van der Waals surface area contributed by atoms with Gasteiger partial charge in [0.25, 0.3) is 5.89 Å². The summed E-state index contributed by atoms with van der Waals surface area (Å²) in [5.41, 5.74) is 0.202. The van der Waals surface area contributed by atoms with Crippen LogP contribution in [0.2, 0.25) is 5.02 Å². The minimum Gasteiger partial charge on any atom is -0.340 e. The van der Waals surface area contributed by atoms with E-state index in [0.29, 0.717) is 42.3 Å². The Labute approximate surface area is 163 Å². The quantitative estimate of drug-likeness (QED) is 0.725. The highest BCUT2D eigenvalue weighted by molar-refractivity contribution is 6.33. The molecule has 1 aromatic carbocycles. The van der Waals surface area contributed by atoms with Gasteiger partial charge in [0.2, 0.25) is 5.91 Å². The molecule has 0 saturated carbocycles. The van der Waals surface area contributed by atoms with Crippen molar-refractivity contribution in [3.05, 3.63) is 35.1 Å². The molecule has 8 heteroatoms. The molecule has 0 N–H and O–H groups in total. The Morgan fingerprint density at radius 1 is 1.23 bits per heavy atom. The number of nitrogens with zero attached hydrogens (tertiary/aromatic N) is 4. The molecule has 0 atom stereocenters. The molecule has 1 aromatic heterocycles. The van der Waals surface area contributed by atoms with Gasteiger partial charge in [-0.15, -0.1) is 11.6 Å². The van der Waals surface area contributed by atoms with Crippen LogP contribution >= 0.6 is 23.2 Å². The van der Waals surface area contributed by atoms with E-state index < -0.39 is 5.41 Å². The Hall–Kier alpha value is -1.63. The second-order valence-electron chi connectivity index (χ2n) is 7.08. The molecule has 0 radical (unpaired) electrons. The van der Waals surface area contributed by atoms with Crippen molar-refractivity contribution in [3.8, 4) is 11.5 Å². The van der Waals surface area contributed by atoms with E-state index >= 15 is 0 Å². The van der Waals surface area contributed by atoms with Crippen LogP contribution in [0.4, 0.5) is 0 Å². The lowest BCUT2D eigenvalue weighted by atomic mass is 9.94. The number of hydrogen-bond acceptors (Lipinski definition) is 5. The lowest BCUT2D eigenvalue weighted by Gasteiger charge is -2.37. The second-order valence-corrected chi connectivity index (χ2v) is 7.76. The van der Waals surface area contributed by atoms with E-state index in [0.717, 1.165) is 18.7 Å². The summed E-state index contributed by atoms with van der Waals surface area (Å²) in [4.78, 5) is 21.0. The summed E-state index contributed by atoms with van der Waals surface area (Å²) in [6, 6.07) is 7.38. The van der Waals surface area contributed by atoms with Crippen molar-refractivity contribution in [2.24, 2.45) is 5.41 Å². The zero-order valence-corrected chi connectivity index (χ0v) is 16.4. The Balaban J connectivity index is 1.57. The zero-order valence-electron chi connectivity index (χ0n) is 14.9. The predicted molar refractivity (Wildman–Crippen MR) is 101 cm³/mol. The van der Waals surface area contributed by atoms with Crippen molar-refractivity contribution >= 4 is 29.1 Å². The average Bonchev–Trinajstić information content (AvgIpc) is 3.10. The van der Waals surface area contributed by atoms with Crippen LogP contribution in [-0.4, -0.2) is 57.9 Å². The molecule has 1 fully saturated rings. The van der Waals surface area contributed by atoms with Crippen LogP contribution in [0.3, 0.4) is 0 Å². The summed E-state index contributed by atoms with van der Waals surface area (Å²) in [6.07, 6.45) is 0. The first kappa shape index (κ1) is 19.1. The molecule has 140 valence electrons. The van der Waals surface area contributed by atoms with E-state index in [4.69, 9.17) is 27.7 Å². The smallest absolute Gasteiger partial charge is 0.259 e. The maximum Gasteiger partial charge on any atom is 0.259 e. The number of alkyl halides is 1. The van der Waals surface area contributed by atoms with E-state index in [9.17, 15) is 4.79 Å². The van der Waals surface area contributed by atoms with Gasteiger partial charge in [0.1, 0.15) is 0 Å². The molecule has 1 aliphatic heterocycles. The first-order valence-corrected chi connectivity index (χ1v) is 9.47. The van der Waals surface area contributed by atoms with Crippen molar-refractivity contribution < 1.29 is 9.32 Å². The van der Waals surface area contributed by atoms with Crippen molar-refractivity contribution in [1.29, 1.82) is 0 Å². The van der Waals surface area contributed by atoms with Gasteiger partial charge < -0.3 is 9.42 Å².